The lowest BCUT2D eigenvalue weighted by molar-refractivity contribution is -0.0932. The smallest absolute Gasteiger partial charge is 0.322 e. The summed E-state index contributed by atoms with van der Waals surface area (Å²) in [6.45, 7) is 0.925. The molecule has 3 atom stereocenters. The van der Waals surface area contributed by atoms with Gasteiger partial charge < -0.3 is 15.0 Å². The number of hydrogen-bond donors (Lipinski definition) is 1. The number of morpholine rings is 1. The van der Waals surface area contributed by atoms with Crippen LogP contribution in [0.4, 0.5) is 10.5 Å². The molecule has 4 rings (SSSR count). The fourth-order valence-corrected chi connectivity index (χ4v) is 6.19. The lowest BCUT2D eigenvalue weighted by atomic mass is 9.99. The zero-order chi connectivity index (χ0) is 17.1. The first-order chi connectivity index (χ1) is 11.3. The third-order valence-electron chi connectivity index (χ3n) is 5.03. The van der Waals surface area contributed by atoms with Crippen molar-refractivity contribution in [2.75, 3.05) is 32.0 Å². The molecule has 1 aromatic carbocycles. The van der Waals surface area contributed by atoms with E-state index in [1.54, 1.807) is 36.2 Å². The molecule has 7 nitrogen and oxygen atoms in total. The van der Waals surface area contributed by atoms with Crippen LogP contribution in [0.3, 0.4) is 0 Å². The van der Waals surface area contributed by atoms with Crippen LogP contribution in [-0.2, 0) is 14.8 Å². The van der Waals surface area contributed by atoms with Crippen LogP contribution in [-0.4, -0.2) is 67.3 Å². The van der Waals surface area contributed by atoms with Gasteiger partial charge in [-0.15, -0.1) is 0 Å². The number of carbonyl (C=O) groups is 1. The number of ether oxygens (including phenoxy) is 1. The topological polar surface area (TPSA) is 79.0 Å². The molecule has 3 saturated heterocycles. The number of hydrogen-bond acceptors (Lipinski definition) is 4. The molecule has 1 aromatic rings. The van der Waals surface area contributed by atoms with E-state index >= 15 is 0 Å². The maximum absolute atomic E-state index is 12.6. The van der Waals surface area contributed by atoms with E-state index < -0.39 is 20.9 Å². The fourth-order valence-electron chi connectivity index (χ4n) is 3.97. The van der Waals surface area contributed by atoms with Gasteiger partial charge in [-0.05, 0) is 18.6 Å². The van der Waals surface area contributed by atoms with Crippen molar-refractivity contribution in [2.45, 2.75) is 23.4 Å². The number of fused-ring (bicyclic) bond motifs is 1. The second-order valence-corrected chi connectivity index (χ2v) is 9.25. The number of benzene rings is 1. The predicted molar refractivity (Wildman–Crippen MR) is 89.6 cm³/mol. The number of anilines is 1. The zero-order valence-electron chi connectivity index (χ0n) is 13.1. The maximum atomic E-state index is 12.6. The number of amides is 2. The van der Waals surface area contributed by atoms with Crippen LogP contribution in [0.5, 0.6) is 0 Å². The van der Waals surface area contributed by atoms with Crippen LogP contribution >= 0.6 is 11.6 Å². The molecule has 0 aromatic heterocycles. The molecule has 1 N–H and O–H groups in total. The molecule has 130 valence electrons. The number of likely N-dealkylation sites (N-methyl/N-ethyl adjacent to an activating group) is 1. The first-order valence-corrected chi connectivity index (χ1v) is 9.63. The van der Waals surface area contributed by atoms with Crippen molar-refractivity contribution in [1.29, 1.82) is 0 Å². The van der Waals surface area contributed by atoms with Gasteiger partial charge in [0.2, 0.25) is 10.0 Å². The average Bonchev–Trinajstić information content (AvgIpc) is 2.88. The Bertz CT molecular complexity index is 802. The molecule has 1 spiro atoms. The van der Waals surface area contributed by atoms with Gasteiger partial charge in [-0.25, -0.2) is 17.5 Å². The molecule has 2 amide bonds. The number of likely N-dealkylation sites (tertiary alicyclic amines) is 1. The Labute approximate surface area is 145 Å². The van der Waals surface area contributed by atoms with Crippen molar-refractivity contribution in [3.63, 3.8) is 0 Å². The van der Waals surface area contributed by atoms with Crippen LogP contribution < -0.4 is 5.32 Å². The molecule has 3 heterocycles. The third kappa shape index (κ3) is 2.32. The molecule has 0 radical (unpaired) electrons. The summed E-state index contributed by atoms with van der Waals surface area (Å²) in [7, 11) is -1.79. The van der Waals surface area contributed by atoms with Crippen molar-refractivity contribution < 1.29 is 17.9 Å². The number of halogens is 1. The van der Waals surface area contributed by atoms with Crippen LogP contribution in [0.25, 0.3) is 0 Å². The van der Waals surface area contributed by atoms with Gasteiger partial charge in [0.1, 0.15) is 10.9 Å². The molecule has 0 unspecified atom stereocenters. The Morgan fingerprint density at radius 1 is 1.38 bits per heavy atom. The van der Waals surface area contributed by atoms with Crippen LogP contribution in [0.15, 0.2) is 24.3 Å². The summed E-state index contributed by atoms with van der Waals surface area (Å²) in [5, 5.41) is 2.68. The predicted octanol–water partition coefficient (Wildman–Crippen LogP) is 1.36. The number of carbonyl (C=O) groups excluding carboxylic acids is 1. The van der Waals surface area contributed by atoms with Gasteiger partial charge in [0.05, 0.1) is 23.4 Å². The van der Waals surface area contributed by atoms with Crippen molar-refractivity contribution >= 4 is 33.3 Å². The number of rotatable bonds is 1. The van der Waals surface area contributed by atoms with E-state index in [9.17, 15) is 13.2 Å². The van der Waals surface area contributed by atoms with Crippen molar-refractivity contribution in [1.82, 2.24) is 9.21 Å². The monoisotopic (exact) mass is 371 g/mol. The summed E-state index contributed by atoms with van der Waals surface area (Å²) < 4.78 is 32.2. The molecule has 0 aliphatic carbocycles. The Kier molecular flexibility index (Phi) is 3.58. The van der Waals surface area contributed by atoms with Gasteiger partial charge in [-0.2, -0.15) is 0 Å². The van der Waals surface area contributed by atoms with E-state index in [1.165, 1.54) is 4.31 Å². The van der Waals surface area contributed by atoms with Crippen LogP contribution in [0.1, 0.15) is 6.42 Å². The first kappa shape index (κ1) is 16.1. The van der Waals surface area contributed by atoms with E-state index in [0.717, 1.165) is 0 Å². The largest absolute Gasteiger partial charge is 0.365 e. The standard InChI is InChI=1S/C15H18ClN3O4S/c1-18-8-15-9-19(7-10(23-15)6-13(15)24(18,21)22)14(20)17-12-5-3-2-4-11(12)16/h2-5,10,13H,6-9H2,1H3,(H,17,20)/t10-,13+,15-/m1/s1. The summed E-state index contributed by atoms with van der Waals surface area (Å²) >= 11 is 6.08. The van der Waals surface area contributed by atoms with Crippen LogP contribution in [0, 0.1) is 0 Å². The van der Waals surface area contributed by atoms with Gasteiger partial charge in [0.25, 0.3) is 0 Å². The van der Waals surface area contributed by atoms with E-state index in [1.807, 2.05) is 0 Å². The van der Waals surface area contributed by atoms with Gasteiger partial charge in [0, 0.05) is 20.1 Å². The Balaban J connectivity index is 1.56. The SMILES string of the molecule is CN1C[C@@]23CN(C(=O)Nc4ccccc4Cl)C[C@@H](C[C@@H]2S1(=O)=O)O3. The summed E-state index contributed by atoms with van der Waals surface area (Å²) in [4.78, 5) is 14.2. The second-order valence-electron chi connectivity index (χ2n) is 6.62. The molecule has 3 aliphatic heterocycles. The maximum Gasteiger partial charge on any atom is 0.322 e. The minimum Gasteiger partial charge on any atom is -0.365 e. The molecular weight excluding hydrogens is 354 g/mol. The van der Waals surface area contributed by atoms with E-state index in [-0.39, 0.29) is 25.2 Å². The van der Waals surface area contributed by atoms with Gasteiger partial charge in [-0.3, -0.25) is 0 Å². The highest BCUT2D eigenvalue weighted by Crippen LogP contribution is 2.46. The highest BCUT2D eigenvalue weighted by molar-refractivity contribution is 7.90. The van der Waals surface area contributed by atoms with Gasteiger partial charge in [0.15, 0.2) is 0 Å². The van der Waals surface area contributed by atoms with Gasteiger partial charge in [-0.1, -0.05) is 23.7 Å². The minimum absolute atomic E-state index is 0.246. The number of para-hydroxylation sites is 1. The fraction of sp³-hybridized carbons (Fsp3) is 0.533. The summed E-state index contributed by atoms with van der Waals surface area (Å²) in [6.07, 6.45) is 0.187. The quantitative estimate of drug-likeness (QED) is 0.808. The molecule has 0 saturated carbocycles. The third-order valence-corrected chi connectivity index (χ3v) is 7.70. The van der Waals surface area contributed by atoms with Crippen molar-refractivity contribution in [3.05, 3.63) is 29.3 Å². The first-order valence-electron chi connectivity index (χ1n) is 7.75. The molecular formula is C15H18ClN3O4S. The lowest BCUT2D eigenvalue weighted by Crippen LogP contribution is -2.57. The number of nitrogens with one attached hydrogen (secondary N) is 1. The van der Waals surface area contributed by atoms with Gasteiger partial charge >= 0.3 is 6.03 Å². The normalized spacial score (nSPS) is 34.2. The van der Waals surface area contributed by atoms with E-state index in [2.05, 4.69) is 5.32 Å². The second kappa shape index (κ2) is 5.32. The molecule has 9 heteroatoms. The highest BCUT2D eigenvalue weighted by atomic mass is 35.5. The van der Waals surface area contributed by atoms with Crippen molar-refractivity contribution in [3.8, 4) is 0 Å². The highest BCUT2D eigenvalue weighted by Gasteiger charge is 2.64. The van der Waals surface area contributed by atoms with Crippen LogP contribution in [0.2, 0.25) is 5.02 Å². The molecule has 24 heavy (non-hydrogen) atoms. The minimum atomic E-state index is -3.35. The number of nitrogens with zero attached hydrogens (tertiary/aromatic N) is 2. The van der Waals surface area contributed by atoms with E-state index in [4.69, 9.17) is 16.3 Å². The molecule has 3 fully saturated rings. The summed E-state index contributed by atoms with van der Waals surface area (Å²) in [5.74, 6) is 0. The number of urea groups is 1. The Morgan fingerprint density at radius 3 is 2.88 bits per heavy atom. The lowest BCUT2D eigenvalue weighted by Gasteiger charge is -2.39. The summed E-state index contributed by atoms with van der Waals surface area (Å²) in [6, 6.07) is 6.72. The van der Waals surface area contributed by atoms with E-state index in [0.29, 0.717) is 23.7 Å². The summed E-state index contributed by atoms with van der Waals surface area (Å²) in [5.41, 5.74) is -0.290. The Hall–Kier alpha value is -1.35. The molecule has 2 bridgehead atoms. The average molecular weight is 372 g/mol. The number of sulfonamides is 1. The zero-order valence-corrected chi connectivity index (χ0v) is 14.7. The Morgan fingerprint density at radius 2 is 2.12 bits per heavy atom. The molecule has 3 aliphatic rings. The van der Waals surface area contributed by atoms with Crippen molar-refractivity contribution in [2.24, 2.45) is 0 Å².